The molecule has 0 aromatic rings. The summed E-state index contributed by atoms with van der Waals surface area (Å²) in [7, 11) is 0. The molecule has 0 bridgehead atoms. The number of nitrogens with zero attached hydrogens (tertiary/aromatic N) is 1. The Balaban J connectivity index is 2.05. The molecule has 3 rings (SSSR count). The van der Waals surface area contributed by atoms with E-state index in [1.54, 1.807) is 0 Å². The van der Waals surface area contributed by atoms with Crippen molar-refractivity contribution in [3.05, 3.63) is 0 Å². The van der Waals surface area contributed by atoms with Gasteiger partial charge in [-0.15, -0.1) is 0 Å². The molecule has 0 spiro atoms. The van der Waals surface area contributed by atoms with Crippen LogP contribution in [0.25, 0.3) is 0 Å². The molecule has 1 saturated carbocycles. The Morgan fingerprint density at radius 1 is 1.27 bits per heavy atom. The van der Waals surface area contributed by atoms with Crippen LogP contribution in [0.1, 0.15) is 34.6 Å². The number of carbonyl (C=O) groups excluding carboxylic acids is 1. The Morgan fingerprint density at radius 2 is 1.87 bits per heavy atom. The first-order valence-electron chi connectivity index (χ1n) is 5.72. The predicted molar refractivity (Wildman–Crippen MR) is 56.0 cm³/mol. The minimum Gasteiger partial charge on any atom is -0.354 e. The van der Waals surface area contributed by atoms with Gasteiger partial charge in [-0.1, -0.05) is 20.8 Å². The Hall–Kier alpha value is -0.570. The van der Waals surface area contributed by atoms with Crippen molar-refractivity contribution in [2.24, 2.45) is 16.7 Å². The standard InChI is InChI=1S/C12H19NO2/c1-10(2)8-9(14)13-7(12(8,10)5)6-15-11(13,3)4/h7-8H,6H2,1-5H3. The average Bonchev–Trinajstić information content (AvgIpc) is 2.41. The van der Waals surface area contributed by atoms with E-state index in [1.165, 1.54) is 0 Å². The number of amides is 1. The molecule has 3 nitrogen and oxygen atoms in total. The van der Waals surface area contributed by atoms with Gasteiger partial charge in [-0.05, 0) is 19.3 Å². The summed E-state index contributed by atoms with van der Waals surface area (Å²) in [6.45, 7) is 11.3. The maximum atomic E-state index is 12.3. The van der Waals surface area contributed by atoms with Crippen LogP contribution in [-0.4, -0.2) is 29.2 Å². The SMILES string of the molecule is CC1(C)OCC2N1C(=O)C1C(C)(C)C21C. The first kappa shape index (κ1) is 9.64. The van der Waals surface area contributed by atoms with Crippen LogP contribution >= 0.6 is 0 Å². The minimum absolute atomic E-state index is 0.137. The maximum Gasteiger partial charge on any atom is 0.229 e. The van der Waals surface area contributed by atoms with E-state index in [2.05, 4.69) is 20.8 Å². The van der Waals surface area contributed by atoms with E-state index >= 15 is 0 Å². The van der Waals surface area contributed by atoms with Crippen LogP contribution in [0.3, 0.4) is 0 Å². The van der Waals surface area contributed by atoms with Crippen molar-refractivity contribution >= 4 is 5.91 Å². The van der Waals surface area contributed by atoms with Crippen molar-refractivity contribution in [2.75, 3.05) is 6.61 Å². The van der Waals surface area contributed by atoms with Gasteiger partial charge < -0.3 is 9.64 Å². The second kappa shape index (κ2) is 2.10. The molecule has 0 aromatic heterocycles. The highest BCUT2D eigenvalue weighted by Gasteiger charge is 2.82. The minimum atomic E-state index is -0.395. The van der Waals surface area contributed by atoms with Gasteiger partial charge in [-0.3, -0.25) is 4.79 Å². The summed E-state index contributed by atoms with van der Waals surface area (Å²) in [6.07, 6.45) is 0. The number of piperidine rings is 1. The first-order valence-corrected chi connectivity index (χ1v) is 5.72. The quantitative estimate of drug-likeness (QED) is 0.607. The summed E-state index contributed by atoms with van der Waals surface area (Å²) < 4.78 is 5.74. The molecule has 3 heteroatoms. The molecule has 0 aromatic carbocycles. The van der Waals surface area contributed by atoms with Gasteiger partial charge in [-0.25, -0.2) is 0 Å². The Kier molecular flexibility index (Phi) is 1.35. The lowest BCUT2D eigenvalue weighted by atomic mass is 9.90. The lowest BCUT2D eigenvalue weighted by Gasteiger charge is -2.34. The third-order valence-corrected chi connectivity index (χ3v) is 5.29. The van der Waals surface area contributed by atoms with Gasteiger partial charge in [0.15, 0.2) is 0 Å². The fraction of sp³-hybridized carbons (Fsp3) is 0.917. The largest absolute Gasteiger partial charge is 0.354 e. The number of hydrogen-bond donors (Lipinski definition) is 0. The van der Waals surface area contributed by atoms with Crippen molar-refractivity contribution in [3.8, 4) is 0 Å². The smallest absolute Gasteiger partial charge is 0.229 e. The van der Waals surface area contributed by atoms with Gasteiger partial charge in [0.05, 0.1) is 18.6 Å². The Morgan fingerprint density at radius 3 is 2.47 bits per heavy atom. The van der Waals surface area contributed by atoms with Gasteiger partial charge in [0.1, 0.15) is 5.72 Å². The average molecular weight is 209 g/mol. The van der Waals surface area contributed by atoms with Crippen LogP contribution in [0.4, 0.5) is 0 Å². The number of carbonyl (C=O) groups is 1. The molecular formula is C12H19NO2. The van der Waals surface area contributed by atoms with Crippen LogP contribution < -0.4 is 0 Å². The highest BCUT2D eigenvalue weighted by molar-refractivity contribution is 5.89. The van der Waals surface area contributed by atoms with Gasteiger partial charge in [0.2, 0.25) is 5.91 Å². The number of ether oxygens (including phenoxy) is 1. The van der Waals surface area contributed by atoms with Gasteiger partial charge in [-0.2, -0.15) is 0 Å². The number of hydrogen-bond acceptors (Lipinski definition) is 2. The van der Waals surface area contributed by atoms with Crippen LogP contribution in [0.2, 0.25) is 0 Å². The summed E-state index contributed by atoms with van der Waals surface area (Å²) >= 11 is 0. The zero-order valence-electron chi connectivity index (χ0n) is 10.1. The third kappa shape index (κ3) is 0.748. The molecule has 1 aliphatic carbocycles. The van der Waals surface area contributed by atoms with Gasteiger partial charge >= 0.3 is 0 Å². The van der Waals surface area contributed by atoms with Crippen molar-refractivity contribution < 1.29 is 9.53 Å². The molecule has 2 heterocycles. The van der Waals surface area contributed by atoms with Crippen molar-refractivity contribution in [2.45, 2.75) is 46.4 Å². The van der Waals surface area contributed by atoms with Crippen LogP contribution in [0.15, 0.2) is 0 Å². The third-order valence-electron chi connectivity index (χ3n) is 5.29. The Labute approximate surface area is 90.8 Å². The van der Waals surface area contributed by atoms with E-state index < -0.39 is 5.72 Å². The molecule has 84 valence electrons. The zero-order valence-corrected chi connectivity index (χ0v) is 10.1. The topological polar surface area (TPSA) is 29.5 Å². The monoisotopic (exact) mass is 209 g/mol. The van der Waals surface area contributed by atoms with E-state index in [0.29, 0.717) is 18.6 Å². The summed E-state index contributed by atoms with van der Waals surface area (Å²) in [5.74, 6) is 0.521. The van der Waals surface area contributed by atoms with Crippen molar-refractivity contribution in [3.63, 3.8) is 0 Å². The fourth-order valence-electron chi connectivity index (χ4n) is 4.00. The molecule has 2 aliphatic heterocycles. The first-order chi connectivity index (χ1) is 6.74. The van der Waals surface area contributed by atoms with Crippen LogP contribution in [-0.2, 0) is 9.53 Å². The normalized spacial score (nSPS) is 49.1. The van der Waals surface area contributed by atoms with E-state index in [-0.39, 0.29) is 16.7 Å². The zero-order chi connectivity index (χ0) is 11.2. The predicted octanol–water partition coefficient (Wildman–Crippen LogP) is 1.63. The highest BCUT2D eigenvalue weighted by atomic mass is 16.5. The van der Waals surface area contributed by atoms with Crippen LogP contribution in [0.5, 0.6) is 0 Å². The van der Waals surface area contributed by atoms with Crippen LogP contribution in [0, 0.1) is 16.7 Å². The molecule has 1 amide bonds. The number of fused-ring (bicyclic) bond motifs is 3. The highest BCUT2D eigenvalue weighted by Crippen LogP contribution is 2.76. The fourth-order valence-corrected chi connectivity index (χ4v) is 4.00. The van der Waals surface area contributed by atoms with E-state index in [0.717, 1.165) is 0 Å². The number of rotatable bonds is 0. The Bertz CT molecular complexity index is 359. The lowest BCUT2D eigenvalue weighted by Crippen LogP contribution is -2.48. The summed E-state index contributed by atoms with van der Waals surface area (Å²) in [5.41, 5.74) is -0.0961. The van der Waals surface area contributed by atoms with Crippen molar-refractivity contribution in [1.82, 2.24) is 4.90 Å². The second-order valence-electron chi connectivity index (χ2n) is 6.42. The second-order valence-corrected chi connectivity index (χ2v) is 6.42. The van der Waals surface area contributed by atoms with Crippen molar-refractivity contribution in [1.29, 1.82) is 0 Å². The molecule has 3 aliphatic rings. The molecule has 3 fully saturated rings. The molecule has 0 radical (unpaired) electrons. The molecule has 15 heavy (non-hydrogen) atoms. The molecular weight excluding hydrogens is 190 g/mol. The van der Waals surface area contributed by atoms with E-state index in [1.807, 2.05) is 18.7 Å². The molecule has 3 unspecified atom stereocenters. The molecule has 3 atom stereocenters. The van der Waals surface area contributed by atoms with E-state index in [4.69, 9.17) is 4.74 Å². The molecule has 0 N–H and O–H groups in total. The van der Waals surface area contributed by atoms with Gasteiger partial charge in [0.25, 0.3) is 0 Å². The summed E-state index contributed by atoms with van der Waals surface area (Å²) in [6, 6.07) is 0.292. The van der Waals surface area contributed by atoms with Gasteiger partial charge in [0, 0.05) is 5.41 Å². The lowest BCUT2D eigenvalue weighted by molar-refractivity contribution is -0.145. The summed E-state index contributed by atoms with van der Waals surface area (Å²) in [4.78, 5) is 14.3. The van der Waals surface area contributed by atoms with E-state index in [9.17, 15) is 4.79 Å². The molecule has 2 saturated heterocycles. The maximum absolute atomic E-state index is 12.3. The summed E-state index contributed by atoms with van der Waals surface area (Å²) in [5, 5.41) is 0.